The van der Waals surface area contributed by atoms with Gasteiger partial charge in [0, 0.05) is 18.9 Å². The average molecular weight is 421 g/mol. The molecule has 1 fully saturated rings. The topological polar surface area (TPSA) is 35.5 Å². The number of aryl methyl sites for hydroxylation is 1. The monoisotopic (exact) mass is 420 g/mol. The Hall–Kier alpha value is -1.32. The minimum Gasteiger partial charge on any atom is -0.469 e. The molecule has 0 spiro atoms. The normalized spacial score (nSPS) is 21.7. The van der Waals surface area contributed by atoms with Crippen molar-refractivity contribution in [2.24, 2.45) is 11.8 Å². The number of ether oxygens (including phenoxy) is 2. The highest BCUT2D eigenvalue weighted by Gasteiger charge is 2.32. The Morgan fingerprint density at radius 1 is 1.14 bits per heavy atom. The van der Waals surface area contributed by atoms with Crippen molar-refractivity contribution in [1.29, 1.82) is 0 Å². The average Bonchev–Trinajstić information content (AvgIpc) is 3.07. The van der Waals surface area contributed by atoms with Gasteiger partial charge < -0.3 is 9.47 Å². The van der Waals surface area contributed by atoms with E-state index in [0.29, 0.717) is 30.2 Å². The summed E-state index contributed by atoms with van der Waals surface area (Å²) in [4.78, 5) is 11.1. The van der Waals surface area contributed by atoms with Crippen LogP contribution in [0.25, 0.3) is 0 Å². The zero-order valence-corrected chi connectivity index (χ0v) is 18.8. The van der Waals surface area contributed by atoms with E-state index < -0.39 is 0 Å². The maximum atomic E-state index is 11.1. The van der Waals surface area contributed by atoms with E-state index in [0.717, 1.165) is 32.1 Å². The second-order valence-corrected chi connectivity index (χ2v) is 8.73. The van der Waals surface area contributed by atoms with E-state index in [9.17, 15) is 4.79 Å². The highest BCUT2D eigenvalue weighted by molar-refractivity contribution is 6.21. The molecule has 0 saturated heterocycles. The standard InChI is InChI=1S/C25H37ClO3/c1-28-19-21-12-9-11-20(18-21)10-7-8-13-22-16-17-24(26)23(22)14-5-3-4-6-15-25(27)29-2/h8-9,11-13,18,22-24H,3-7,10,14-17,19H2,1-2H3/b13-8+/t22?,23-,24?/m1/s1. The Labute approximate surface area is 181 Å². The molecule has 1 aliphatic carbocycles. The lowest BCUT2D eigenvalue weighted by atomic mass is 9.89. The lowest BCUT2D eigenvalue weighted by molar-refractivity contribution is -0.140. The first-order valence-corrected chi connectivity index (χ1v) is 11.5. The predicted octanol–water partition coefficient (Wildman–Crippen LogP) is 6.47. The summed E-state index contributed by atoms with van der Waals surface area (Å²) < 4.78 is 9.91. The summed E-state index contributed by atoms with van der Waals surface area (Å²) in [6, 6.07) is 8.66. The first-order valence-electron chi connectivity index (χ1n) is 11.1. The van der Waals surface area contributed by atoms with Gasteiger partial charge in [-0.1, -0.05) is 55.7 Å². The summed E-state index contributed by atoms with van der Waals surface area (Å²) in [5, 5.41) is 0.311. The molecule has 29 heavy (non-hydrogen) atoms. The van der Waals surface area contributed by atoms with Gasteiger partial charge in [0.1, 0.15) is 0 Å². The number of alkyl halides is 1. The third kappa shape index (κ3) is 8.92. The number of unbranched alkanes of at least 4 members (excludes halogenated alkanes) is 3. The number of methoxy groups -OCH3 is 2. The number of carbonyl (C=O) groups excluding carboxylic acids is 1. The molecule has 0 amide bonds. The van der Waals surface area contributed by atoms with Crippen LogP contribution in [0.4, 0.5) is 0 Å². The Morgan fingerprint density at radius 2 is 1.93 bits per heavy atom. The van der Waals surface area contributed by atoms with E-state index in [1.807, 2.05) is 0 Å². The summed E-state index contributed by atoms with van der Waals surface area (Å²) in [7, 11) is 3.19. The molecule has 0 bridgehead atoms. The molecular weight excluding hydrogens is 384 g/mol. The molecule has 1 aromatic carbocycles. The quantitative estimate of drug-likeness (QED) is 0.159. The van der Waals surface area contributed by atoms with Crippen molar-refractivity contribution in [3.8, 4) is 0 Å². The highest BCUT2D eigenvalue weighted by Crippen LogP contribution is 2.40. The SMILES string of the molecule is COCc1cccc(CC/C=C/C2CCC(Cl)[C@@H]2CCCCCCC(=O)OC)c1. The van der Waals surface area contributed by atoms with Crippen molar-refractivity contribution in [3.05, 3.63) is 47.5 Å². The zero-order valence-electron chi connectivity index (χ0n) is 18.1. The van der Waals surface area contributed by atoms with Crippen LogP contribution < -0.4 is 0 Å². The molecule has 3 nitrogen and oxygen atoms in total. The first kappa shape index (κ1) is 24.0. The molecule has 0 aliphatic heterocycles. The van der Waals surface area contributed by atoms with Crippen molar-refractivity contribution >= 4 is 17.6 Å². The van der Waals surface area contributed by atoms with Crippen LogP contribution in [0.5, 0.6) is 0 Å². The minimum absolute atomic E-state index is 0.0998. The van der Waals surface area contributed by atoms with Gasteiger partial charge in [0.25, 0.3) is 0 Å². The summed E-state index contributed by atoms with van der Waals surface area (Å²) in [5.41, 5.74) is 2.61. The minimum atomic E-state index is -0.0998. The summed E-state index contributed by atoms with van der Waals surface area (Å²) in [6.45, 7) is 0.674. The second kappa shape index (κ2) is 13.8. The van der Waals surface area contributed by atoms with Crippen LogP contribution in [-0.2, 0) is 27.3 Å². The Balaban J connectivity index is 1.69. The third-order valence-corrected chi connectivity index (χ3v) is 6.51. The molecule has 0 heterocycles. The van der Waals surface area contributed by atoms with Crippen molar-refractivity contribution < 1.29 is 14.3 Å². The van der Waals surface area contributed by atoms with E-state index in [1.165, 1.54) is 43.9 Å². The van der Waals surface area contributed by atoms with Crippen molar-refractivity contribution in [1.82, 2.24) is 0 Å². The third-order valence-electron chi connectivity index (χ3n) is 5.97. The first-order chi connectivity index (χ1) is 14.1. The van der Waals surface area contributed by atoms with Crippen molar-refractivity contribution in [2.45, 2.75) is 76.2 Å². The molecule has 0 aromatic heterocycles. The molecule has 1 aliphatic rings. The Bertz CT molecular complexity index is 628. The molecule has 1 saturated carbocycles. The van der Waals surface area contributed by atoms with E-state index in [1.54, 1.807) is 7.11 Å². The smallest absolute Gasteiger partial charge is 0.305 e. The van der Waals surface area contributed by atoms with Gasteiger partial charge in [-0.05, 0) is 61.5 Å². The molecule has 0 radical (unpaired) electrons. The molecular formula is C25H37ClO3. The number of rotatable bonds is 13. The van der Waals surface area contributed by atoms with E-state index in [-0.39, 0.29) is 5.97 Å². The van der Waals surface area contributed by atoms with E-state index in [4.69, 9.17) is 16.3 Å². The molecule has 4 heteroatoms. The van der Waals surface area contributed by atoms with Gasteiger partial charge in [-0.25, -0.2) is 0 Å². The summed E-state index contributed by atoms with van der Waals surface area (Å²) >= 11 is 6.62. The van der Waals surface area contributed by atoms with Gasteiger partial charge in [0.15, 0.2) is 0 Å². The molecule has 162 valence electrons. The van der Waals surface area contributed by atoms with Crippen LogP contribution in [0.15, 0.2) is 36.4 Å². The molecule has 2 rings (SSSR count). The lowest BCUT2D eigenvalue weighted by Crippen LogP contribution is -2.13. The number of esters is 1. The fraction of sp³-hybridized carbons (Fsp3) is 0.640. The predicted molar refractivity (Wildman–Crippen MR) is 120 cm³/mol. The number of hydrogen-bond acceptors (Lipinski definition) is 3. The largest absolute Gasteiger partial charge is 0.469 e. The lowest BCUT2D eigenvalue weighted by Gasteiger charge is -2.19. The van der Waals surface area contributed by atoms with Crippen LogP contribution >= 0.6 is 11.6 Å². The number of halogens is 1. The number of benzene rings is 1. The summed E-state index contributed by atoms with van der Waals surface area (Å²) in [5.74, 6) is 1.11. The molecule has 0 N–H and O–H groups in total. The fourth-order valence-corrected chi connectivity index (χ4v) is 4.79. The maximum Gasteiger partial charge on any atom is 0.305 e. The van der Waals surface area contributed by atoms with Crippen LogP contribution in [0.3, 0.4) is 0 Å². The van der Waals surface area contributed by atoms with E-state index in [2.05, 4.69) is 41.2 Å². The van der Waals surface area contributed by atoms with Gasteiger partial charge >= 0.3 is 5.97 Å². The van der Waals surface area contributed by atoms with E-state index >= 15 is 0 Å². The van der Waals surface area contributed by atoms with Crippen molar-refractivity contribution in [2.75, 3.05) is 14.2 Å². The van der Waals surface area contributed by atoms with Gasteiger partial charge in [0.2, 0.25) is 0 Å². The molecule has 2 unspecified atom stereocenters. The van der Waals surface area contributed by atoms with Gasteiger partial charge in [-0.2, -0.15) is 0 Å². The molecule has 3 atom stereocenters. The summed E-state index contributed by atoms with van der Waals surface area (Å²) in [6.07, 6.45) is 15.4. The van der Waals surface area contributed by atoms with Crippen molar-refractivity contribution in [3.63, 3.8) is 0 Å². The molecule has 1 aromatic rings. The zero-order chi connectivity index (χ0) is 20.9. The fourth-order valence-electron chi connectivity index (χ4n) is 4.35. The van der Waals surface area contributed by atoms with Gasteiger partial charge in [-0.3, -0.25) is 4.79 Å². The van der Waals surface area contributed by atoms with Crippen LogP contribution in [0, 0.1) is 11.8 Å². The van der Waals surface area contributed by atoms with Crippen LogP contribution in [-0.4, -0.2) is 25.6 Å². The maximum absolute atomic E-state index is 11.1. The number of carbonyl (C=O) groups is 1. The second-order valence-electron chi connectivity index (χ2n) is 8.17. The van der Waals surface area contributed by atoms with Crippen LogP contribution in [0.1, 0.15) is 68.9 Å². The van der Waals surface area contributed by atoms with Gasteiger partial charge in [-0.15, -0.1) is 11.6 Å². The van der Waals surface area contributed by atoms with Gasteiger partial charge in [0.05, 0.1) is 13.7 Å². The number of allylic oxidation sites excluding steroid dienone is 2. The highest BCUT2D eigenvalue weighted by atomic mass is 35.5. The van der Waals surface area contributed by atoms with Crippen LogP contribution in [0.2, 0.25) is 0 Å². The number of hydrogen-bond donors (Lipinski definition) is 0. The Kier molecular flexibility index (Phi) is 11.4. The Morgan fingerprint density at radius 3 is 2.72 bits per heavy atom.